The monoisotopic (exact) mass is 319 g/mol. The molecule has 0 fully saturated rings. The van der Waals surface area contributed by atoms with E-state index >= 15 is 0 Å². The largest absolute Gasteiger partial charge is 0.303 e. The van der Waals surface area contributed by atoms with Crippen molar-refractivity contribution in [3.05, 3.63) is 59.6 Å². The van der Waals surface area contributed by atoms with E-state index in [0.29, 0.717) is 4.77 Å². The standard InChI is InChI=1S/C17H13N5S/c1-22-16(20-21-17(22)23)13-10-15(11-6-8-18-9-7-11)19-14-5-3-2-4-12(13)14/h2-10H,1H3,(H,21,23). The lowest BCUT2D eigenvalue weighted by molar-refractivity contribution is 0.902. The molecule has 0 aliphatic carbocycles. The Bertz CT molecular complexity index is 1050. The third kappa shape index (κ3) is 2.33. The number of H-pyrrole nitrogens is 1. The number of fused-ring (bicyclic) bond motifs is 1. The van der Waals surface area contributed by atoms with Gasteiger partial charge in [0.25, 0.3) is 0 Å². The van der Waals surface area contributed by atoms with Crippen LogP contribution in [0, 0.1) is 4.77 Å². The molecule has 0 aliphatic heterocycles. The first-order valence-electron chi connectivity index (χ1n) is 7.16. The first kappa shape index (κ1) is 13.8. The zero-order valence-corrected chi connectivity index (χ0v) is 13.2. The van der Waals surface area contributed by atoms with E-state index in [9.17, 15) is 0 Å². The molecule has 3 heterocycles. The van der Waals surface area contributed by atoms with E-state index in [0.717, 1.165) is 33.5 Å². The van der Waals surface area contributed by atoms with Crippen LogP contribution in [0.1, 0.15) is 0 Å². The second-order valence-corrected chi connectivity index (χ2v) is 5.61. The van der Waals surface area contributed by atoms with Gasteiger partial charge in [0.05, 0.1) is 11.2 Å². The summed E-state index contributed by atoms with van der Waals surface area (Å²) in [6, 6.07) is 14.0. The predicted octanol–water partition coefficient (Wildman–Crippen LogP) is 3.75. The molecule has 4 rings (SSSR count). The summed E-state index contributed by atoms with van der Waals surface area (Å²) in [5.74, 6) is 0.795. The second-order valence-electron chi connectivity index (χ2n) is 5.22. The summed E-state index contributed by atoms with van der Waals surface area (Å²) in [4.78, 5) is 8.84. The summed E-state index contributed by atoms with van der Waals surface area (Å²) in [7, 11) is 1.91. The number of para-hydroxylation sites is 1. The molecular weight excluding hydrogens is 306 g/mol. The molecular formula is C17H13N5S. The van der Waals surface area contributed by atoms with E-state index < -0.39 is 0 Å². The smallest absolute Gasteiger partial charge is 0.195 e. The molecule has 0 spiro atoms. The average Bonchev–Trinajstić information content (AvgIpc) is 2.94. The Balaban J connectivity index is 2.06. The highest BCUT2D eigenvalue weighted by Crippen LogP contribution is 2.30. The van der Waals surface area contributed by atoms with Gasteiger partial charge in [-0.1, -0.05) is 18.2 Å². The van der Waals surface area contributed by atoms with E-state index in [1.807, 2.05) is 54.1 Å². The van der Waals surface area contributed by atoms with Crippen LogP contribution in [0.3, 0.4) is 0 Å². The van der Waals surface area contributed by atoms with Gasteiger partial charge in [-0.3, -0.25) is 10.1 Å². The number of hydrogen-bond donors (Lipinski definition) is 1. The lowest BCUT2D eigenvalue weighted by Crippen LogP contribution is -1.96. The minimum atomic E-state index is 0.589. The van der Waals surface area contributed by atoms with E-state index in [1.54, 1.807) is 12.4 Å². The van der Waals surface area contributed by atoms with Gasteiger partial charge in [0.1, 0.15) is 0 Å². The van der Waals surface area contributed by atoms with Gasteiger partial charge in [-0.2, -0.15) is 5.10 Å². The van der Waals surface area contributed by atoms with Gasteiger partial charge in [0.15, 0.2) is 10.6 Å². The number of hydrogen-bond acceptors (Lipinski definition) is 4. The first-order chi connectivity index (χ1) is 11.2. The van der Waals surface area contributed by atoms with E-state index in [2.05, 4.69) is 15.2 Å². The molecule has 3 aromatic heterocycles. The Morgan fingerprint density at radius 2 is 1.87 bits per heavy atom. The third-order valence-corrected chi connectivity index (χ3v) is 4.18. The van der Waals surface area contributed by atoms with Gasteiger partial charge in [0, 0.05) is 36.0 Å². The highest BCUT2D eigenvalue weighted by Gasteiger charge is 2.13. The fourth-order valence-electron chi connectivity index (χ4n) is 2.62. The van der Waals surface area contributed by atoms with Gasteiger partial charge in [0.2, 0.25) is 0 Å². The van der Waals surface area contributed by atoms with Crippen LogP contribution in [-0.2, 0) is 7.05 Å². The van der Waals surface area contributed by atoms with Crippen LogP contribution in [0.5, 0.6) is 0 Å². The van der Waals surface area contributed by atoms with Crippen molar-refractivity contribution in [3.8, 4) is 22.6 Å². The average molecular weight is 319 g/mol. The third-order valence-electron chi connectivity index (χ3n) is 3.81. The molecule has 112 valence electrons. The Morgan fingerprint density at radius 1 is 1.09 bits per heavy atom. The quantitative estimate of drug-likeness (QED) is 0.572. The van der Waals surface area contributed by atoms with Crippen molar-refractivity contribution in [2.24, 2.45) is 7.05 Å². The topological polar surface area (TPSA) is 59.4 Å². The Hall–Kier alpha value is -2.86. The Labute approximate surface area is 137 Å². The van der Waals surface area contributed by atoms with E-state index in [4.69, 9.17) is 17.2 Å². The molecule has 0 saturated heterocycles. The molecule has 0 atom stereocenters. The normalized spacial score (nSPS) is 11.0. The van der Waals surface area contributed by atoms with Crippen molar-refractivity contribution >= 4 is 23.1 Å². The first-order valence-corrected chi connectivity index (χ1v) is 7.57. The Kier molecular flexibility index (Phi) is 3.24. The SMILES string of the molecule is Cn1c(-c2cc(-c3ccncc3)nc3ccccc23)n[nH]c1=S. The fourth-order valence-corrected chi connectivity index (χ4v) is 2.75. The summed E-state index contributed by atoms with van der Waals surface area (Å²) in [5, 5.41) is 8.26. The van der Waals surface area contributed by atoms with Gasteiger partial charge in [-0.05, 0) is 36.5 Å². The zero-order chi connectivity index (χ0) is 15.8. The molecule has 1 N–H and O–H groups in total. The van der Waals surface area contributed by atoms with Gasteiger partial charge < -0.3 is 4.57 Å². The number of aromatic nitrogens is 5. The van der Waals surface area contributed by atoms with Crippen LogP contribution < -0.4 is 0 Å². The molecule has 6 heteroatoms. The molecule has 0 radical (unpaired) electrons. The van der Waals surface area contributed by atoms with Crippen molar-refractivity contribution in [1.82, 2.24) is 24.7 Å². The van der Waals surface area contributed by atoms with E-state index in [-0.39, 0.29) is 0 Å². The molecule has 0 bridgehead atoms. The molecule has 0 aliphatic rings. The summed E-state index contributed by atoms with van der Waals surface area (Å²) in [6.07, 6.45) is 3.53. The summed E-state index contributed by atoms with van der Waals surface area (Å²) >= 11 is 5.24. The van der Waals surface area contributed by atoms with Crippen molar-refractivity contribution in [1.29, 1.82) is 0 Å². The number of rotatable bonds is 2. The van der Waals surface area contributed by atoms with Crippen LogP contribution in [0.2, 0.25) is 0 Å². The van der Waals surface area contributed by atoms with Crippen molar-refractivity contribution < 1.29 is 0 Å². The van der Waals surface area contributed by atoms with Crippen molar-refractivity contribution in [2.75, 3.05) is 0 Å². The van der Waals surface area contributed by atoms with Crippen LogP contribution in [0.4, 0.5) is 0 Å². The minimum Gasteiger partial charge on any atom is -0.303 e. The number of pyridine rings is 2. The Morgan fingerprint density at radius 3 is 2.61 bits per heavy atom. The zero-order valence-electron chi connectivity index (χ0n) is 12.4. The molecule has 1 aromatic carbocycles. The second kappa shape index (κ2) is 5.40. The number of nitrogens with zero attached hydrogens (tertiary/aromatic N) is 4. The van der Waals surface area contributed by atoms with Gasteiger partial charge in [-0.15, -0.1) is 0 Å². The molecule has 0 unspecified atom stereocenters. The van der Waals surface area contributed by atoms with Gasteiger partial charge >= 0.3 is 0 Å². The van der Waals surface area contributed by atoms with E-state index in [1.165, 1.54) is 0 Å². The van der Waals surface area contributed by atoms with Gasteiger partial charge in [-0.25, -0.2) is 4.98 Å². The lowest BCUT2D eigenvalue weighted by atomic mass is 10.0. The molecule has 0 amide bonds. The minimum absolute atomic E-state index is 0.589. The number of aromatic amines is 1. The van der Waals surface area contributed by atoms with Crippen LogP contribution >= 0.6 is 12.2 Å². The molecule has 5 nitrogen and oxygen atoms in total. The maximum absolute atomic E-state index is 5.24. The molecule has 0 saturated carbocycles. The van der Waals surface area contributed by atoms with Crippen LogP contribution in [0.15, 0.2) is 54.9 Å². The molecule has 23 heavy (non-hydrogen) atoms. The lowest BCUT2D eigenvalue weighted by Gasteiger charge is -2.09. The van der Waals surface area contributed by atoms with Crippen molar-refractivity contribution in [2.45, 2.75) is 0 Å². The number of benzene rings is 1. The fraction of sp³-hybridized carbons (Fsp3) is 0.0588. The maximum Gasteiger partial charge on any atom is 0.195 e. The highest BCUT2D eigenvalue weighted by molar-refractivity contribution is 7.71. The summed E-state index contributed by atoms with van der Waals surface area (Å²) in [5.41, 5.74) is 3.82. The predicted molar refractivity (Wildman–Crippen MR) is 92.4 cm³/mol. The van der Waals surface area contributed by atoms with Crippen LogP contribution in [0.25, 0.3) is 33.5 Å². The highest BCUT2D eigenvalue weighted by atomic mass is 32.1. The molecule has 4 aromatic rings. The van der Waals surface area contributed by atoms with Crippen LogP contribution in [-0.4, -0.2) is 24.7 Å². The summed E-state index contributed by atoms with van der Waals surface area (Å²) < 4.78 is 2.46. The number of nitrogens with one attached hydrogen (secondary N) is 1. The summed E-state index contributed by atoms with van der Waals surface area (Å²) in [6.45, 7) is 0. The van der Waals surface area contributed by atoms with Crippen molar-refractivity contribution in [3.63, 3.8) is 0 Å². The maximum atomic E-state index is 5.24.